The monoisotopic (exact) mass is 569 g/mol. The zero-order valence-electron chi connectivity index (χ0n) is 22.1. The SMILES string of the molecule is [C-]#[N+]c1cnc(NC2CCN(S(C)(=O)=O)CC2)nc1-c1cnn(-c2ccc(CN3CCN(C)CC3)cc2Cl)c1. The Morgan fingerprint density at radius 2 is 1.87 bits per heavy atom. The van der Waals surface area contributed by atoms with E-state index < -0.39 is 10.0 Å². The first-order valence-electron chi connectivity index (χ1n) is 12.9. The molecule has 13 heteroatoms. The third-order valence-corrected chi connectivity index (χ3v) is 8.87. The summed E-state index contributed by atoms with van der Waals surface area (Å²) in [5.74, 6) is 0.397. The van der Waals surface area contributed by atoms with Crippen LogP contribution in [0.3, 0.4) is 0 Å². The molecule has 2 fully saturated rings. The summed E-state index contributed by atoms with van der Waals surface area (Å²) in [5, 5.41) is 8.41. The zero-order chi connectivity index (χ0) is 27.6. The molecule has 11 nitrogen and oxygen atoms in total. The number of nitrogens with one attached hydrogen (secondary N) is 1. The van der Waals surface area contributed by atoms with Crippen LogP contribution in [-0.2, 0) is 16.6 Å². The van der Waals surface area contributed by atoms with Gasteiger partial charge in [-0.2, -0.15) is 5.10 Å². The van der Waals surface area contributed by atoms with Crippen molar-refractivity contribution in [2.45, 2.75) is 25.4 Å². The van der Waals surface area contributed by atoms with Gasteiger partial charge in [-0.1, -0.05) is 17.7 Å². The fourth-order valence-electron chi connectivity index (χ4n) is 4.93. The number of sulfonamides is 1. The second kappa shape index (κ2) is 11.6. The van der Waals surface area contributed by atoms with Crippen LogP contribution in [0, 0.1) is 6.57 Å². The molecule has 3 aromatic rings. The standard InChI is InChI=1S/C26H32ClN9O2S/c1-28-23-16-29-26(31-21-6-8-35(9-7-21)39(3,37)38)32-25(23)20-15-30-36(18-20)24-5-4-19(14-22(24)27)17-34-12-10-33(2)11-13-34/h4-5,14-16,18,21H,6-13,17H2,2-3H3,(H,29,31,32). The normalized spacial score (nSPS) is 18.2. The molecule has 2 saturated heterocycles. The lowest BCUT2D eigenvalue weighted by molar-refractivity contribution is 0.148. The van der Waals surface area contributed by atoms with Gasteiger partial charge in [0.15, 0.2) is 0 Å². The van der Waals surface area contributed by atoms with Crippen molar-refractivity contribution < 1.29 is 8.42 Å². The minimum atomic E-state index is -3.19. The predicted molar refractivity (Wildman–Crippen MR) is 152 cm³/mol. The van der Waals surface area contributed by atoms with Gasteiger partial charge in [0.1, 0.15) is 0 Å². The largest absolute Gasteiger partial charge is 0.351 e. The number of rotatable bonds is 7. The van der Waals surface area contributed by atoms with Crippen molar-refractivity contribution >= 4 is 33.3 Å². The third-order valence-electron chi connectivity index (χ3n) is 7.26. The number of aromatic nitrogens is 4. The Bertz CT molecular complexity index is 1470. The maximum Gasteiger partial charge on any atom is 0.231 e. The van der Waals surface area contributed by atoms with Gasteiger partial charge < -0.3 is 10.2 Å². The number of likely N-dealkylation sites (N-methyl/N-ethyl adjacent to an activating group) is 1. The molecule has 0 amide bonds. The highest BCUT2D eigenvalue weighted by atomic mass is 35.5. The van der Waals surface area contributed by atoms with E-state index in [9.17, 15) is 8.42 Å². The summed E-state index contributed by atoms with van der Waals surface area (Å²) in [4.78, 5) is 17.3. The van der Waals surface area contributed by atoms with Gasteiger partial charge in [-0.15, -0.1) is 0 Å². The summed E-state index contributed by atoms with van der Waals surface area (Å²) in [6.07, 6.45) is 7.51. The third kappa shape index (κ3) is 6.57. The topological polar surface area (TPSA) is 104 Å². The van der Waals surface area contributed by atoms with E-state index in [2.05, 4.69) is 48.1 Å². The quantitative estimate of drug-likeness (QED) is 0.433. The lowest BCUT2D eigenvalue weighted by Gasteiger charge is -2.32. The van der Waals surface area contributed by atoms with Gasteiger partial charge in [0, 0.05) is 69.8 Å². The number of halogens is 1. The van der Waals surface area contributed by atoms with Crippen LogP contribution in [0.1, 0.15) is 18.4 Å². The minimum Gasteiger partial charge on any atom is -0.351 e. The molecule has 0 spiro atoms. The van der Waals surface area contributed by atoms with Crippen molar-refractivity contribution in [2.24, 2.45) is 0 Å². The van der Waals surface area contributed by atoms with Crippen LogP contribution in [0.15, 0.2) is 36.8 Å². The molecule has 1 N–H and O–H groups in total. The van der Waals surface area contributed by atoms with Gasteiger partial charge >= 0.3 is 0 Å². The number of piperazine rings is 1. The van der Waals surface area contributed by atoms with E-state index in [0.29, 0.717) is 53.8 Å². The van der Waals surface area contributed by atoms with E-state index in [1.165, 1.54) is 16.8 Å². The molecular formula is C26H32ClN9O2S. The first-order chi connectivity index (χ1) is 18.7. The summed E-state index contributed by atoms with van der Waals surface area (Å²) in [7, 11) is -1.04. The highest BCUT2D eigenvalue weighted by Gasteiger charge is 2.25. The van der Waals surface area contributed by atoms with Gasteiger partial charge in [0.05, 0.1) is 35.4 Å². The number of anilines is 1. The average Bonchev–Trinajstić information content (AvgIpc) is 3.40. The van der Waals surface area contributed by atoms with E-state index in [4.69, 9.17) is 18.2 Å². The van der Waals surface area contributed by atoms with Crippen LogP contribution >= 0.6 is 11.6 Å². The van der Waals surface area contributed by atoms with Crippen molar-refractivity contribution in [3.05, 3.63) is 58.8 Å². The van der Waals surface area contributed by atoms with Gasteiger partial charge in [-0.05, 0) is 37.6 Å². The molecular weight excluding hydrogens is 538 g/mol. The van der Waals surface area contributed by atoms with Crippen molar-refractivity contribution in [2.75, 3.05) is 57.9 Å². The van der Waals surface area contributed by atoms with E-state index in [1.807, 2.05) is 18.3 Å². The Labute approximate surface area is 234 Å². The molecule has 5 rings (SSSR count). The molecule has 39 heavy (non-hydrogen) atoms. The second-order valence-corrected chi connectivity index (χ2v) is 12.5. The highest BCUT2D eigenvalue weighted by Crippen LogP contribution is 2.31. The molecule has 1 aromatic carbocycles. The van der Waals surface area contributed by atoms with E-state index >= 15 is 0 Å². The van der Waals surface area contributed by atoms with Crippen LogP contribution in [0.5, 0.6) is 0 Å². The Hall–Kier alpha value is -3.08. The van der Waals surface area contributed by atoms with Crippen molar-refractivity contribution in [3.63, 3.8) is 0 Å². The van der Waals surface area contributed by atoms with Crippen LogP contribution in [0.2, 0.25) is 5.02 Å². The molecule has 206 valence electrons. The van der Waals surface area contributed by atoms with Crippen LogP contribution in [-0.4, -0.2) is 101 Å². The summed E-state index contributed by atoms with van der Waals surface area (Å²) in [5.41, 5.74) is 3.38. The van der Waals surface area contributed by atoms with E-state index in [0.717, 1.165) is 44.0 Å². The smallest absolute Gasteiger partial charge is 0.231 e. The maximum atomic E-state index is 11.8. The summed E-state index contributed by atoms with van der Waals surface area (Å²) in [6, 6.07) is 6.08. The number of nitrogens with zero attached hydrogens (tertiary/aromatic N) is 8. The fourth-order valence-corrected chi connectivity index (χ4v) is 6.09. The molecule has 2 aliphatic heterocycles. The summed E-state index contributed by atoms with van der Waals surface area (Å²) >= 11 is 6.68. The average molecular weight is 570 g/mol. The molecule has 0 bridgehead atoms. The predicted octanol–water partition coefficient (Wildman–Crippen LogP) is 3.12. The van der Waals surface area contributed by atoms with Gasteiger partial charge in [0.25, 0.3) is 0 Å². The lowest BCUT2D eigenvalue weighted by atomic mass is 10.1. The van der Waals surface area contributed by atoms with Gasteiger partial charge in [-0.25, -0.2) is 32.2 Å². The molecule has 0 unspecified atom stereocenters. The van der Waals surface area contributed by atoms with Crippen LogP contribution in [0.25, 0.3) is 21.8 Å². The fraction of sp³-hybridized carbons (Fsp3) is 0.462. The number of piperidine rings is 1. The number of benzene rings is 1. The van der Waals surface area contributed by atoms with Gasteiger partial charge in [-0.3, -0.25) is 4.90 Å². The van der Waals surface area contributed by atoms with E-state index in [-0.39, 0.29) is 6.04 Å². The molecule has 0 atom stereocenters. The first-order valence-corrected chi connectivity index (χ1v) is 15.1. The number of hydrogen-bond donors (Lipinski definition) is 1. The highest BCUT2D eigenvalue weighted by molar-refractivity contribution is 7.88. The maximum absolute atomic E-state index is 11.8. The summed E-state index contributed by atoms with van der Waals surface area (Å²) in [6.45, 7) is 13.6. The van der Waals surface area contributed by atoms with Gasteiger partial charge in [0.2, 0.25) is 21.7 Å². The van der Waals surface area contributed by atoms with Crippen molar-refractivity contribution in [3.8, 4) is 16.9 Å². The molecule has 2 aliphatic rings. The molecule has 0 radical (unpaired) electrons. The minimum absolute atomic E-state index is 0.0422. The number of hydrogen-bond acceptors (Lipinski definition) is 8. The Kier molecular flexibility index (Phi) is 8.16. The van der Waals surface area contributed by atoms with Crippen LogP contribution < -0.4 is 5.32 Å². The molecule has 4 heterocycles. The molecule has 0 aliphatic carbocycles. The molecule has 0 saturated carbocycles. The lowest BCUT2D eigenvalue weighted by Crippen LogP contribution is -2.43. The Morgan fingerprint density at radius 3 is 2.54 bits per heavy atom. The molecule has 2 aromatic heterocycles. The van der Waals surface area contributed by atoms with Crippen molar-refractivity contribution in [1.82, 2.24) is 33.9 Å². The van der Waals surface area contributed by atoms with E-state index in [1.54, 1.807) is 10.9 Å². The van der Waals surface area contributed by atoms with Crippen LogP contribution in [0.4, 0.5) is 11.6 Å². The Balaban J connectivity index is 1.30. The Morgan fingerprint density at radius 1 is 1.13 bits per heavy atom. The zero-order valence-corrected chi connectivity index (χ0v) is 23.7. The second-order valence-electron chi connectivity index (χ2n) is 10.2. The van der Waals surface area contributed by atoms with Crippen molar-refractivity contribution in [1.29, 1.82) is 0 Å². The summed E-state index contributed by atoms with van der Waals surface area (Å²) < 4.78 is 26.8. The first kappa shape index (κ1) is 27.5.